The minimum Gasteiger partial charge on any atom is -0.493 e. The number of ether oxygens (including phenoxy) is 2. The average Bonchev–Trinajstić information content (AvgIpc) is 2.95. The molecule has 1 atom stereocenters. The molecular formula is C33H29F3O4. The van der Waals surface area contributed by atoms with Crippen molar-refractivity contribution in [2.24, 2.45) is 0 Å². The fourth-order valence-electron chi connectivity index (χ4n) is 4.20. The molecule has 0 heterocycles. The number of carbonyl (C=O) groups excluding carboxylic acids is 1. The number of rotatable bonds is 11. The zero-order chi connectivity index (χ0) is 28.6. The van der Waals surface area contributed by atoms with Crippen molar-refractivity contribution in [3.8, 4) is 33.8 Å². The predicted molar refractivity (Wildman–Crippen MR) is 149 cm³/mol. The van der Waals surface area contributed by atoms with Crippen molar-refractivity contribution in [3.05, 3.63) is 120 Å². The van der Waals surface area contributed by atoms with Crippen LogP contribution in [0, 0.1) is 17.5 Å². The number of hydrogen-bond acceptors (Lipinski definition) is 4. The highest BCUT2D eigenvalue weighted by atomic mass is 19.2. The third kappa shape index (κ3) is 6.61. The first-order chi connectivity index (χ1) is 19.3. The Balaban J connectivity index is 1.47. The van der Waals surface area contributed by atoms with E-state index < -0.39 is 29.5 Å². The van der Waals surface area contributed by atoms with Crippen molar-refractivity contribution < 1.29 is 32.5 Å². The Morgan fingerprint density at radius 2 is 1.45 bits per heavy atom. The van der Waals surface area contributed by atoms with E-state index in [1.165, 1.54) is 48.5 Å². The fourth-order valence-corrected chi connectivity index (χ4v) is 4.20. The molecule has 0 aromatic heterocycles. The SMILES string of the molecule is C=CCCOc1ccc(C(=O)Oc2ccc(-c3ccc(-c4ccc(C(O)CCC)cc4)c(F)c3F)cc2)c(F)c1. The number of halogens is 3. The van der Waals surface area contributed by atoms with Gasteiger partial charge in [-0.15, -0.1) is 6.58 Å². The van der Waals surface area contributed by atoms with Crippen LogP contribution in [0.4, 0.5) is 13.2 Å². The van der Waals surface area contributed by atoms with Crippen molar-refractivity contribution in [3.63, 3.8) is 0 Å². The molecule has 4 nitrogen and oxygen atoms in total. The van der Waals surface area contributed by atoms with Crippen LogP contribution in [0.1, 0.15) is 48.2 Å². The smallest absolute Gasteiger partial charge is 0.346 e. The van der Waals surface area contributed by atoms with Crippen LogP contribution in [0.5, 0.6) is 11.5 Å². The van der Waals surface area contributed by atoms with Crippen LogP contribution < -0.4 is 9.47 Å². The molecule has 0 bridgehead atoms. The molecule has 4 aromatic carbocycles. The summed E-state index contributed by atoms with van der Waals surface area (Å²) in [7, 11) is 0. The second kappa shape index (κ2) is 13.1. The van der Waals surface area contributed by atoms with E-state index in [0.29, 0.717) is 30.6 Å². The van der Waals surface area contributed by atoms with Gasteiger partial charge in [0.25, 0.3) is 0 Å². The van der Waals surface area contributed by atoms with Crippen LogP contribution in [-0.4, -0.2) is 17.7 Å². The van der Waals surface area contributed by atoms with Crippen LogP contribution in [-0.2, 0) is 0 Å². The molecule has 0 spiro atoms. The van der Waals surface area contributed by atoms with E-state index in [4.69, 9.17) is 9.47 Å². The number of esters is 1. The Morgan fingerprint density at radius 3 is 2.00 bits per heavy atom. The van der Waals surface area contributed by atoms with E-state index in [-0.39, 0.29) is 28.2 Å². The van der Waals surface area contributed by atoms with E-state index in [2.05, 4.69) is 6.58 Å². The molecule has 0 aliphatic rings. The van der Waals surface area contributed by atoms with Crippen LogP contribution in [0.2, 0.25) is 0 Å². The Bertz CT molecular complexity index is 1480. The van der Waals surface area contributed by atoms with Gasteiger partial charge in [-0.1, -0.05) is 68.0 Å². The third-order valence-electron chi connectivity index (χ3n) is 6.38. The molecule has 0 amide bonds. The highest BCUT2D eigenvalue weighted by Gasteiger charge is 2.18. The van der Waals surface area contributed by atoms with E-state index >= 15 is 8.78 Å². The summed E-state index contributed by atoms with van der Waals surface area (Å²) in [6.45, 7) is 5.90. The molecule has 1 unspecified atom stereocenters. The average molecular weight is 547 g/mol. The zero-order valence-electron chi connectivity index (χ0n) is 22.0. The first kappa shape index (κ1) is 28.6. The Labute approximate surface area is 231 Å². The van der Waals surface area contributed by atoms with Gasteiger partial charge in [-0.05, 0) is 53.8 Å². The molecule has 4 rings (SSSR count). The molecule has 4 aromatic rings. The van der Waals surface area contributed by atoms with Crippen molar-refractivity contribution in [1.82, 2.24) is 0 Å². The molecule has 0 saturated carbocycles. The molecule has 0 radical (unpaired) electrons. The molecule has 0 aliphatic carbocycles. The molecular weight excluding hydrogens is 517 g/mol. The van der Waals surface area contributed by atoms with Gasteiger partial charge in [-0.25, -0.2) is 18.0 Å². The minimum absolute atomic E-state index is 0.0344. The second-order valence-corrected chi connectivity index (χ2v) is 9.20. The monoisotopic (exact) mass is 546 g/mol. The molecule has 0 fully saturated rings. The van der Waals surface area contributed by atoms with Gasteiger partial charge in [-0.3, -0.25) is 0 Å². The van der Waals surface area contributed by atoms with Crippen molar-refractivity contribution in [1.29, 1.82) is 0 Å². The van der Waals surface area contributed by atoms with Gasteiger partial charge in [0.2, 0.25) is 0 Å². The minimum atomic E-state index is -1.02. The summed E-state index contributed by atoms with van der Waals surface area (Å²) >= 11 is 0. The standard InChI is InChI=1S/C33H29F3O4/c1-3-5-19-39-25-15-16-28(29(34)20-25)33(38)40-24-13-11-22(12-14-24)27-18-17-26(31(35)32(27)36)21-7-9-23(10-8-21)30(37)6-4-2/h3,7-18,20,30,37H,1,4-6,19H2,2H3. The lowest BCUT2D eigenvalue weighted by Crippen LogP contribution is -2.11. The summed E-state index contributed by atoms with van der Waals surface area (Å²) < 4.78 is 55.2. The van der Waals surface area contributed by atoms with Gasteiger partial charge in [0.1, 0.15) is 17.3 Å². The quantitative estimate of drug-likeness (QED) is 0.0888. The lowest BCUT2D eigenvalue weighted by atomic mass is 9.97. The normalized spacial score (nSPS) is 11.6. The summed E-state index contributed by atoms with van der Waals surface area (Å²) in [5, 5.41) is 10.1. The van der Waals surface area contributed by atoms with Crippen molar-refractivity contribution >= 4 is 5.97 Å². The van der Waals surface area contributed by atoms with Gasteiger partial charge < -0.3 is 14.6 Å². The van der Waals surface area contributed by atoms with Crippen molar-refractivity contribution in [2.75, 3.05) is 6.61 Å². The molecule has 0 aliphatic heterocycles. The lowest BCUT2D eigenvalue weighted by molar-refractivity contribution is 0.0730. The highest BCUT2D eigenvalue weighted by molar-refractivity contribution is 5.91. The maximum atomic E-state index is 15.1. The summed E-state index contributed by atoms with van der Waals surface area (Å²) in [6, 6.07) is 19.3. The number of aliphatic hydroxyl groups excluding tert-OH is 1. The van der Waals surface area contributed by atoms with Gasteiger partial charge in [0, 0.05) is 17.2 Å². The molecule has 206 valence electrons. The molecule has 1 N–H and O–H groups in total. The van der Waals surface area contributed by atoms with Crippen LogP contribution >= 0.6 is 0 Å². The first-order valence-corrected chi connectivity index (χ1v) is 12.9. The van der Waals surface area contributed by atoms with E-state index in [1.807, 2.05) is 6.92 Å². The van der Waals surface area contributed by atoms with Gasteiger partial charge in [-0.2, -0.15) is 0 Å². The van der Waals surface area contributed by atoms with Gasteiger partial charge in [0.15, 0.2) is 11.6 Å². The van der Waals surface area contributed by atoms with E-state index in [0.717, 1.165) is 18.1 Å². The van der Waals surface area contributed by atoms with Crippen LogP contribution in [0.3, 0.4) is 0 Å². The fraction of sp³-hybridized carbons (Fsp3) is 0.182. The van der Waals surface area contributed by atoms with Gasteiger partial charge >= 0.3 is 5.97 Å². The Morgan fingerprint density at radius 1 is 0.875 bits per heavy atom. The van der Waals surface area contributed by atoms with Crippen molar-refractivity contribution in [2.45, 2.75) is 32.3 Å². The first-order valence-electron chi connectivity index (χ1n) is 12.9. The number of aliphatic hydroxyl groups is 1. The second-order valence-electron chi connectivity index (χ2n) is 9.20. The largest absolute Gasteiger partial charge is 0.493 e. The lowest BCUT2D eigenvalue weighted by Gasteiger charge is -2.12. The third-order valence-corrected chi connectivity index (χ3v) is 6.38. The number of hydrogen-bond donors (Lipinski definition) is 1. The summed E-state index contributed by atoms with van der Waals surface area (Å²) in [4.78, 5) is 12.5. The maximum Gasteiger partial charge on any atom is 0.346 e. The van der Waals surface area contributed by atoms with Gasteiger partial charge in [0.05, 0.1) is 18.3 Å². The summed E-state index contributed by atoms with van der Waals surface area (Å²) in [5.41, 5.74) is 1.44. The molecule has 40 heavy (non-hydrogen) atoms. The Hall–Kier alpha value is -4.36. The molecule has 0 saturated heterocycles. The topological polar surface area (TPSA) is 55.8 Å². The number of benzene rings is 4. The Kier molecular flexibility index (Phi) is 9.40. The summed E-state index contributed by atoms with van der Waals surface area (Å²) in [5.74, 6) is -3.32. The van der Waals surface area contributed by atoms with Crippen LogP contribution in [0.15, 0.2) is 91.5 Å². The maximum absolute atomic E-state index is 15.1. The summed E-state index contributed by atoms with van der Waals surface area (Å²) in [6.07, 6.45) is 3.12. The predicted octanol–water partition coefficient (Wildman–Crippen LogP) is 8.45. The molecule has 7 heteroatoms. The number of carbonyl (C=O) groups is 1. The zero-order valence-corrected chi connectivity index (χ0v) is 22.0. The van der Waals surface area contributed by atoms with E-state index in [9.17, 15) is 14.3 Å². The highest BCUT2D eigenvalue weighted by Crippen LogP contribution is 2.33. The van der Waals surface area contributed by atoms with E-state index in [1.54, 1.807) is 30.3 Å². The van der Waals surface area contributed by atoms with Crippen LogP contribution in [0.25, 0.3) is 22.3 Å².